The van der Waals surface area contributed by atoms with Gasteiger partial charge in [-0.1, -0.05) is 18.1 Å². The van der Waals surface area contributed by atoms with E-state index in [1.807, 2.05) is 32.6 Å². The molecule has 1 aliphatic rings. The molecular weight excluding hydrogens is 556 g/mol. The van der Waals surface area contributed by atoms with Crippen molar-refractivity contribution in [2.75, 3.05) is 25.0 Å². The number of benzene rings is 1. The van der Waals surface area contributed by atoms with E-state index in [-0.39, 0.29) is 35.2 Å². The average molecular weight is 591 g/mol. The topological polar surface area (TPSA) is 106 Å². The highest BCUT2D eigenvalue weighted by atomic mass is 19.4. The van der Waals surface area contributed by atoms with Gasteiger partial charge in [-0.2, -0.15) is 18.2 Å². The maximum atomic E-state index is 14.9. The van der Waals surface area contributed by atoms with E-state index in [4.69, 9.17) is 4.52 Å². The maximum absolute atomic E-state index is 14.9. The molecule has 4 aromatic rings. The van der Waals surface area contributed by atoms with Crippen LogP contribution in [0.2, 0.25) is 0 Å². The number of anilines is 1. The van der Waals surface area contributed by atoms with E-state index in [2.05, 4.69) is 25.8 Å². The second-order valence-electron chi connectivity index (χ2n) is 11.4. The Kier molecular flexibility index (Phi) is 8.01. The Morgan fingerprint density at radius 3 is 2.67 bits per heavy atom. The standard InChI is InChI=1S/C28H34F4N8O2/c1-5-38-10-9-20(18(29)13-38)35-19-7-6-8-22-17(19)11-23(40(22)15-28(30,31)32)25-36-24(42-37-25)12-33-26(41)21-14-39(16-34-21)27(2,3)4/h6-8,11,14,16,18,20,35H,5,9-10,12-13,15H2,1-4H3,(H,33,41)/t18-,20+/m0/s1. The lowest BCUT2D eigenvalue weighted by Crippen LogP contribution is -2.47. The summed E-state index contributed by atoms with van der Waals surface area (Å²) >= 11 is 0. The third-order valence-electron chi connectivity index (χ3n) is 7.38. The fourth-order valence-corrected chi connectivity index (χ4v) is 5.05. The fraction of sp³-hybridized carbons (Fsp3) is 0.500. The first-order chi connectivity index (χ1) is 19.8. The molecule has 42 heavy (non-hydrogen) atoms. The Balaban J connectivity index is 1.39. The van der Waals surface area contributed by atoms with Gasteiger partial charge >= 0.3 is 6.18 Å². The van der Waals surface area contributed by atoms with Crippen LogP contribution in [-0.4, -0.2) is 73.1 Å². The van der Waals surface area contributed by atoms with Crippen molar-refractivity contribution in [2.45, 2.75) is 71.1 Å². The Bertz CT molecular complexity index is 1550. The molecule has 2 N–H and O–H groups in total. The largest absolute Gasteiger partial charge is 0.406 e. The Morgan fingerprint density at radius 1 is 1.21 bits per heavy atom. The number of piperidine rings is 1. The molecule has 5 rings (SSSR count). The van der Waals surface area contributed by atoms with Crippen molar-refractivity contribution in [3.8, 4) is 11.5 Å². The second kappa shape index (κ2) is 11.4. The highest BCUT2D eigenvalue weighted by molar-refractivity contribution is 5.96. The van der Waals surface area contributed by atoms with Crippen LogP contribution in [0, 0.1) is 0 Å². The molecule has 2 atom stereocenters. The molecule has 4 heterocycles. The van der Waals surface area contributed by atoms with Gasteiger partial charge in [0.1, 0.15) is 18.4 Å². The number of nitrogens with zero attached hydrogens (tertiary/aromatic N) is 6. The molecule has 0 radical (unpaired) electrons. The monoisotopic (exact) mass is 590 g/mol. The van der Waals surface area contributed by atoms with Crippen molar-refractivity contribution in [1.82, 2.24) is 34.5 Å². The molecule has 3 aromatic heterocycles. The predicted molar refractivity (Wildman–Crippen MR) is 149 cm³/mol. The van der Waals surface area contributed by atoms with Gasteiger partial charge in [-0.25, -0.2) is 9.37 Å². The van der Waals surface area contributed by atoms with Crippen LogP contribution >= 0.6 is 0 Å². The normalized spacial score (nSPS) is 18.5. The molecular formula is C28H34F4N8O2. The number of hydrogen-bond donors (Lipinski definition) is 2. The molecule has 14 heteroatoms. The third-order valence-corrected chi connectivity index (χ3v) is 7.38. The minimum atomic E-state index is -4.53. The lowest BCUT2D eigenvalue weighted by atomic mass is 10.0. The number of amides is 1. The first kappa shape index (κ1) is 29.5. The highest BCUT2D eigenvalue weighted by Gasteiger charge is 2.32. The molecule has 10 nitrogen and oxygen atoms in total. The average Bonchev–Trinajstić information content (AvgIpc) is 3.67. The molecule has 0 spiro atoms. The van der Waals surface area contributed by atoms with Crippen LogP contribution in [-0.2, 0) is 18.6 Å². The smallest absolute Gasteiger partial charge is 0.379 e. The molecule has 1 aliphatic heterocycles. The van der Waals surface area contributed by atoms with E-state index < -0.39 is 30.8 Å². The SMILES string of the molecule is CCN1CC[C@@H](Nc2cccc3c2cc(-c2noc(CNC(=O)c4cn(C(C)(C)C)cn4)n2)n3CC(F)(F)F)[C@@H](F)C1. The number of imidazole rings is 1. The van der Waals surface area contributed by atoms with Gasteiger partial charge in [0.05, 0.1) is 30.1 Å². The van der Waals surface area contributed by atoms with Crippen molar-refractivity contribution in [3.05, 3.63) is 48.4 Å². The van der Waals surface area contributed by atoms with E-state index in [1.54, 1.807) is 41.4 Å². The summed E-state index contributed by atoms with van der Waals surface area (Å²) < 4.78 is 64.1. The highest BCUT2D eigenvalue weighted by Crippen LogP contribution is 2.35. The number of hydrogen-bond acceptors (Lipinski definition) is 7. The summed E-state index contributed by atoms with van der Waals surface area (Å²) in [6.07, 6.45) is -1.91. The van der Waals surface area contributed by atoms with Gasteiger partial charge < -0.3 is 29.2 Å². The Hall–Kier alpha value is -3.94. The van der Waals surface area contributed by atoms with Gasteiger partial charge in [-0.3, -0.25) is 4.79 Å². The number of carbonyl (C=O) groups excluding carboxylic acids is 1. The van der Waals surface area contributed by atoms with Crippen LogP contribution in [0.3, 0.4) is 0 Å². The molecule has 1 fully saturated rings. The van der Waals surface area contributed by atoms with Crippen molar-refractivity contribution < 1.29 is 26.9 Å². The van der Waals surface area contributed by atoms with Gasteiger partial charge in [0.25, 0.3) is 5.91 Å². The van der Waals surface area contributed by atoms with Crippen LogP contribution in [0.15, 0.2) is 41.3 Å². The Morgan fingerprint density at radius 2 is 2.00 bits per heavy atom. The van der Waals surface area contributed by atoms with E-state index >= 15 is 0 Å². The zero-order valence-electron chi connectivity index (χ0n) is 23.9. The zero-order chi connectivity index (χ0) is 30.2. The summed E-state index contributed by atoms with van der Waals surface area (Å²) in [7, 11) is 0. The van der Waals surface area contributed by atoms with Crippen molar-refractivity contribution >= 4 is 22.5 Å². The van der Waals surface area contributed by atoms with Gasteiger partial charge in [0.15, 0.2) is 0 Å². The molecule has 226 valence electrons. The van der Waals surface area contributed by atoms with E-state index in [0.717, 1.165) is 17.7 Å². The molecule has 0 aliphatic carbocycles. The summed E-state index contributed by atoms with van der Waals surface area (Å²) in [5.74, 6) is -0.517. The van der Waals surface area contributed by atoms with Crippen LogP contribution in [0.4, 0.5) is 23.2 Å². The number of alkyl halides is 4. The Labute approximate surface area is 240 Å². The molecule has 1 amide bonds. The number of rotatable bonds is 8. The summed E-state index contributed by atoms with van der Waals surface area (Å²) in [6, 6.07) is 6.00. The summed E-state index contributed by atoms with van der Waals surface area (Å²) in [6.45, 7) is 8.25. The predicted octanol–water partition coefficient (Wildman–Crippen LogP) is 4.98. The van der Waals surface area contributed by atoms with Crippen LogP contribution in [0.25, 0.3) is 22.4 Å². The molecule has 0 unspecified atom stereocenters. The number of carbonyl (C=O) groups is 1. The summed E-state index contributed by atoms with van der Waals surface area (Å²) in [5.41, 5.74) is 0.850. The number of aromatic nitrogens is 5. The maximum Gasteiger partial charge on any atom is 0.406 e. The summed E-state index contributed by atoms with van der Waals surface area (Å²) in [5, 5.41) is 10.3. The molecule has 1 aromatic carbocycles. The quantitative estimate of drug-likeness (QED) is 0.279. The van der Waals surface area contributed by atoms with E-state index in [9.17, 15) is 22.4 Å². The first-order valence-corrected chi connectivity index (χ1v) is 13.8. The third kappa shape index (κ3) is 6.42. The fourth-order valence-electron chi connectivity index (χ4n) is 5.05. The van der Waals surface area contributed by atoms with Crippen LogP contribution in [0.5, 0.6) is 0 Å². The number of fused-ring (bicyclic) bond motifs is 1. The van der Waals surface area contributed by atoms with Gasteiger partial charge in [-0.15, -0.1) is 0 Å². The molecule has 1 saturated heterocycles. The molecule has 0 saturated carbocycles. The second-order valence-corrected chi connectivity index (χ2v) is 11.4. The molecule has 0 bridgehead atoms. The van der Waals surface area contributed by atoms with Crippen molar-refractivity contribution in [3.63, 3.8) is 0 Å². The minimum Gasteiger partial charge on any atom is -0.379 e. The van der Waals surface area contributed by atoms with Gasteiger partial charge in [0.2, 0.25) is 11.7 Å². The van der Waals surface area contributed by atoms with E-state index in [1.165, 1.54) is 0 Å². The number of halogens is 4. The van der Waals surface area contributed by atoms with E-state index in [0.29, 0.717) is 29.6 Å². The number of likely N-dealkylation sites (tertiary alicyclic amines) is 1. The lowest BCUT2D eigenvalue weighted by Gasteiger charge is -2.35. The van der Waals surface area contributed by atoms with Crippen molar-refractivity contribution in [2.24, 2.45) is 0 Å². The zero-order valence-corrected chi connectivity index (χ0v) is 23.9. The first-order valence-electron chi connectivity index (χ1n) is 13.8. The summed E-state index contributed by atoms with van der Waals surface area (Å²) in [4.78, 5) is 23.0. The lowest BCUT2D eigenvalue weighted by molar-refractivity contribution is -0.139. The van der Waals surface area contributed by atoms with Crippen LogP contribution in [0.1, 0.15) is 50.5 Å². The van der Waals surface area contributed by atoms with Gasteiger partial charge in [-0.05, 0) is 51.9 Å². The van der Waals surface area contributed by atoms with Gasteiger partial charge in [0, 0.05) is 35.9 Å². The van der Waals surface area contributed by atoms with Crippen LogP contribution < -0.4 is 10.6 Å². The van der Waals surface area contributed by atoms with Crippen molar-refractivity contribution in [1.29, 1.82) is 0 Å². The number of nitrogens with one attached hydrogen (secondary N) is 2. The minimum absolute atomic E-state index is 0.0127.